The Morgan fingerprint density at radius 2 is 2.07 bits per heavy atom. The van der Waals surface area contributed by atoms with Crippen LogP contribution >= 0.6 is 0 Å². The normalized spacial score (nSPS) is 12.4. The summed E-state index contributed by atoms with van der Waals surface area (Å²) >= 11 is 0. The SMILES string of the molecule is CCCNC(N)=NCC(C)(C)C(=O)NC. The Morgan fingerprint density at radius 1 is 1.47 bits per heavy atom. The second kappa shape index (κ2) is 6.27. The van der Waals surface area contributed by atoms with Crippen molar-refractivity contribution in [3.05, 3.63) is 0 Å². The number of guanidine groups is 1. The maximum absolute atomic E-state index is 11.4. The highest BCUT2D eigenvalue weighted by molar-refractivity contribution is 5.83. The van der Waals surface area contributed by atoms with Crippen molar-refractivity contribution >= 4 is 11.9 Å². The zero-order valence-electron chi connectivity index (χ0n) is 10.1. The van der Waals surface area contributed by atoms with Gasteiger partial charge in [-0.3, -0.25) is 9.79 Å². The maximum atomic E-state index is 11.4. The van der Waals surface area contributed by atoms with Crippen molar-refractivity contribution in [3.8, 4) is 0 Å². The summed E-state index contributed by atoms with van der Waals surface area (Å²) in [6.07, 6.45) is 0.995. The number of hydrogen-bond donors (Lipinski definition) is 3. The van der Waals surface area contributed by atoms with Gasteiger partial charge < -0.3 is 16.4 Å². The van der Waals surface area contributed by atoms with Crippen LogP contribution in [0.2, 0.25) is 0 Å². The number of amides is 1. The molecule has 0 aliphatic rings. The van der Waals surface area contributed by atoms with Crippen molar-refractivity contribution in [1.29, 1.82) is 0 Å². The first kappa shape index (κ1) is 13.7. The standard InChI is InChI=1S/C10H22N4O/c1-5-6-13-9(11)14-7-10(2,3)8(15)12-4/h5-7H2,1-4H3,(H,12,15)(H3,11,13,14). The van der Waals surface area contributed by atoms with E-state index in [2.05, 4.69) is 22.5 Å². The van der Waals surface area contributed by atoms with Gasteiger partial charge in [0.05, 0.1) is 12.0 Å². The molecule has 5 heteroatoms. The summed E-state index contributed by atoms with van der Waals surface area (Å²) in [5, 5.41) is 5.56. The first-order valence-corrected chi connectivity index (χ1v) is 5.20. The van der Waals surface area contributed by atoms with Crippen LogP contribution in [0.15, 0.2) is 4.99 Å². The van der Waals surface area contributed by atoms with E-state index in [1.165, 1.54) is 0 Å². The minimum absolute atomic E-state index is 0.0328. The number of hydrogen-bond acceptors (Lipinski definition) is 2. The average Bonchev–Trinajstić information content (AvgIpc) is 2.22. The van der Waals surface area contributed by atoms with E-state index in [-0.39, 0.29) is 5.91 Å². The van der Waals surface area contributed by atoms with Gasteiger partial charge >= 0.3 is 0 Å². The second-order valence-corrected chi connectivity index (χ2v) is 4.09. The molecule has 1 amide bonds. The van der Waals surface area contributed by atoms with Gasteiger partial charge in [0, 0.05) is 13.6 Å². The van der Waals surface area contributed by atoms with Gasteiger partial charge in [0.15, 0.2) is 5.96 Å². The third kappa shape index (κ3) is 5.24. The summed E-state index contributed by atoms with van der Waals surface area (Å²) < 4.78 is 0. The molecule has 0 aliphatic heterocycles. The Kier molecular flexibility index (Phi) is 5.74. The van der Waals surface area contributed by atoms with E-state index in [1.54, 1.807) is 7.05 Å². The van der Waals surface area contributed by atoms with Gasteiger partial charge in [-0.05, 0) is 20.3 Å². The molecule has 5 nitrogen and oxygen atoms in total. The zero-order chi connectivity index (χ0) is 11.9. The second-order valence-electron chi connectivity index (χ2n) is 4.09. The van der Waals surface area contributed by atoms with Crippen molar-refractivity contribution in [3.63, 3.8) is 0 Å². The quantitative estimate of drug-likeness (QED) is 0.447. The van der Waals surface area contributed by atoms with Crippen molar-refractivity contribution in [2.75, 3.05) is 20.1 Å². The first-order chi connectivity index (χ1) is 6.94. The minimum atomic E-state index is -0.521. The van der Waals surface area contributed by atoms with Crippen LogP contribution in [-0.4, -0.2) is 32.0 Å². The number of nitrogens with two attached hydrogens (primary N) is 1. The fourth-order valence-corrected chi connectivity index (χ4v) is 1.00. The van der Waals surface area contributed by atoms with Crippen LogP contribution in [0.1, 0.15) is 27.2 Å². The summed E-state index contributed by atoms with van der Waals surface area (Å²) in [5.74, 6) is 0.364. The number of aliphatic imine (C=N–C) groups is 1. The highest BCUT2D eigenvalue weighted by atomic mass is 16.2. The molecule has 4 N–H and O–H groups in total. The molecule has 0 spiro atoms. The Hall–Kier alpha value is -1.26. The molecule has 0 atom stereocenters. The van der Waals surface area contributed by atoms with Gasteiger partial charge in [-0.25, -0.2) is 0 Å². The summed E-state index contributed by atoms with van der Waals surface area (Å²) in [6.45, 7) is 6.91. The number of nitrogens with zero attached hydrogens (tertiary/aromatic N) is 1. The monoisotopic (exact) mass is 214 g/mol. The Morgan fingerprint density at radius 3 is 2.53 bits per heavy atom. The van der Waals surface area contributed by atoms with Crippen LogP contribution in [0.5, 0.6) is 0 Å². The van der Waals surface area contributed by atoms with E-state index >= 15 is 0 Å². The van der Waals surface area contributed by atoms with E-state index < -0.39 is 5.41 Å². The number of rotatable bonds is 5. The van der Waals surface area contributed by atoms with Gasteiger partial charge in [-0.2, -0.15) is 0 Å². The molecule has 0 saturated heterocycles. The largest absolute Gasteiger partial charge is 0.370 e. The minimum Gasteiger partial charge on any atom is -0.370 e. The molecule has 0 aromatic rings. The number of nitrogens with one attached hydrogen (secondary N) is 2. The highest BCUT2D eigenvalue weighted by Gasteiger charge is 2.26. The summed E-state index contributed by atoms with van der Waals surface area (Å²) in [5.41, 5.74) is 5.10. The van der Waals surface area contributed by atoms with E-state index in [0.29, 0.717) is 12.5 Å². The van der Waals surface area contributed by atoms with Crippen molar-refractivity contribution in [1.82, 2.24) is 10.6 Å². The van der Waals surface area contributed by atoms with Crippen LogP contribution in [0.4, 0.5) is 0 Å². The molecule has 0 saturated carbocycles. The molecular formula is C10H22N4O. The molecule has 15 heavy (non-hydrogen) atoms. The van der Waals surface area contributed by atoms with Gasteiger partial charge in [0.25, 0.3) is 0 Å². The molecule has 0 aromatic carbocycles. The summed E-state index contributed by atoms with van der Waals surface area (Å²) in [4.78, 5) is 15.5. The van der Waals surface area contributed by atoms with Gasteiger partial charge in [-0.15, -0.1) is 0 Å². The van der Waals surface area contributed by atoms with Crippen LogP contribution in [0.3, 0.4) is 0 Å². The lowest BCUT2D eigenvalue weighted by Gasteiger charge is -2.20. The lowest BCUT2D eigenvalue weighted by atomic mass is 9.93. The first-order valence-electron chi connectivity index (χ1n) is 5.20. The lowest BCUT2D eigenvalue weighted by molar-refractivity contribution is -0.128. The lowest BCUT2D eigenvalue weighted by Crippen LogP contribution is -2.39. The van der Waals surface area contributed by atoms with Crippen LogP contribution in [0, 0.1) is 5.41 Å². The molecule has 0 unspecified atom stereocenters. The van der Waals surface area contributed by atoms with Crippen molar-refractivity contribution < 1.29 is 4.79 Å². The fourth-order valence-electron chi connectivity index (χ4n) is 1.00. The molecule has 0 fully saturated rings. The Labute approximate surface area is 91.5 Å². The predicted octanol–water partition coefficient (Wildman–Crippen LogP) is 0.0729. The van der Waals surface area contributed by atoms with Crippen molar-refractivity contribution in [2.24, 2.45) is 16.1 Å². The molecule has 0 bridgehead atoms. The maximum Gasteiger partial charge on any atom is 0.227 e. The van der Waals surface area contributed by atoms with Crippen LogP contribution in [-0.2, 0) is 4.79 Å². The zero-order valence-corrected chi connectivity index (χ0v) is 10.1. The topological polar surface area (TPSA) is 79.5 Å². The third-order valence-electron chi connectivity index (χ3n) is 2.04. The van der Waals surface area contributed by atoms with E-state index in [4.69, 9.17) is 5.73 Å². The number of carbonyl (C=O) groups is 1. The molecule has 0 aromatic heterocycles. The molecule has 0 aliphatic carbocycles. The Balaban J connectivity index is 4.16. The van der Waals surface area contributed by atoms with E-state index in [0.717, 1.165) is 13.0 Å². The molecule has 0 rings (SSSR count). The van der Waals surface area contributed by atoms with Crippen molar-refractivity contribution in [2.45, 2.75) is 27.2 Å². The van der Waals surface area contributed by atoms with E-state index in [9.17, 15) is 4.79 Å². The summed E-state index contributed by atoms with van der Waals surface area (Å²) in [7, 11) is 1.62. The van der Waals surface area contributed by atoms with E-state index in [1.807, 2.05) is 13.8 Å². The fraction of sp³-hybridized carbons (Fsp3) is 0.800. The number of carbonyl (C=O) groups excluding carboxylic acids is 1. The predicted molar refractivity (Wildman–Crippen MR) is 62.6 cm³/mol. The third-order valence-corrected chi connectivity index (χ3v) is 2.04. The molecule has 0 heterocycles. The van der Waals surface area contributed by atoms with Gasteiger partial charge in [-0.1, -0.05) is 6.92 Å². The van der Waals surface area contributed by atoms with Crippen LogP contribution < -0.4 is 16.4 Å². The highest BCUT2D eigenvalue weighted by Crippen LogP contribution is 2.14. The molecule has 88 valence electrons. The molecule has 0 radical (unpaired) electrons. The smallest absolute Gasteiger partial charge is 0.227 e. The average molecular weight is 214 g/mol. The van der Waals surface area contributed by atoms with Gasteiger partial charge in [0.1, 0.15) is 0 Å². The van der Waals surface area contributed by atoms with Crippen LogP contribution in [0.25, 0.3) is 0 Å². The Bertz CT molecular complexity index is 236. The summed E-state index contributed by atoms with van der Waals surface area (Å²) in [6, 6.07) is 0. The van der Waals surface area contributed by atoms with Gasteiger partial charge in [0.2, 0.25) is 5.91 Å². The molecular weight excluding hydrogens is 192 g/mol.